The monoisotopic (exact) mass is 979 g/mol. The number of hydrogen-bond acceptors (Lipinski definition) is 3. The molecule has 5 aliphatic rings. The molecule has 12 rings (SSSR count). The lowest BCUT2D eigenvalue weighted by atomic mass is 9.33. The lowest BCUT2D eigenvalue weighted by molar-refractivity contribution is 0.332. The molecule has 6 aromatic carbocycles. The third-order valence-corrected chi connectivity index (χ3v) is 19.8. The topological polar surface area (TPSA) is 19.6 Å². The Balaban J connectivity index is 1.23. The highest BCUT2D eigenvalue weighted by Crippen LogP contribution is 2.54. The fourth-order valence-electron chi connectivity index (χ4n) is 14.3. The number of furan rings is 1. The van der Waals surface area contributed by atoms with E-state index in [2.05, 4.69) is 238 Å². The molecule has 0 atom stereocenters. The van der Waals surface area contributed by atoms with Crippen molar-refractivity contribution in [3.05, 3.63) is 148 Å². The van der Waals surface area contributed by atoms with Crippen LogP contribution in [0.2, 0.25) is 0 Å². The van der Waals surface area contributed by atoms with Crippen molar-refractivity contribution in [1.29, 1.82) is 0 Å². The van der Waals surface area contributed by atoms with E-state index in [4.69, 9.17) is 4.42 Å². The summed E-state index contributed by atoms with van der Waals surface area (Å²) >= 11 is 0. The third-order valence-electron chi connectivity index (χ3n) is 19.8. The summed E-state index contributed by atoms with van der Waals surface area (Å²) in [5, 5.41) is 1.24. The van der Waals surface area contributed by atoms with Gasteiger partial charge in [-0.15, -0.1) is 0 Å². The molecule has 0 bridgehead atoms. The maximum Gasteiger partial charge on any atom is 0.257 e. The first-order valence-electron chi connectivity index (χ1n) is 28.3. The Labute approximate surface area is 445 Å². The SMILES string of the molecule is CC(C)(C)c1ccc(N2c3ccc(C(C)(C)C)cc3B3c4c2cc(-c2ccc5c(c2)C(C)(C)CCC5(C)C)cc4N(c2ccc4c(c2)C(C)(C)CCC4(C)C)c2oc4cc5c(cc4c23)C(C)(C)CCC5(C)C)cc1. The predicted molar refractivity (Wildman–Crippen MR) is 319 cm³/mol. The molecule has 0 unspecified atom stereocenters. The lowest BCUT2D eigenvalue weighted by Gasteiger charge is -2.45. The summed E-state index contributed by atoms with van der Waals surface area (Å²) in [6.07, 6.45) is 7.00. The van der Waals surface area contributed by atoms with Crippen LogP contribution >= 0.6 is 0 Å². The minimum atomic E-state index is -0.0852. The van der Waals surface area contributed by atoms with Crippen LogP contribution in [0.25, 0.3) is 22.1 Å². The molecule has 0 spiro atoms. The van der Waals surface area contributed by atoms with Gasteiger partial charge in [-0.2, -0.15) is 0 Å². The quantitative estimate of drug-likeness (QED) is 0.165. The Morgan fingerprint density at radius 3 is 1.41 bits per heavy atom. The molecule has 3 aliphatic carbocycles. The first-order chi connectivity index (χ1) is 34.4. The molecule has 0 saturated heterocycles. The van der Waals surface area contributed by atoms with Crippen LogP contribution in [0.15, 0.2) is 108 Å². The van der Waals surface area contributed by atoms with Crippen molar-refractivity contribution in [2.24, 2.45) is 0 Å². The van der Waals surface area contributed by atoms with Gasteiger partial charge in [-0.25, -0.2) is 0 Å². The fourth-order valence-corrected chi connectivity index (χ4v) is 14.3. The molecule has 0 fully saturated rings. The van der Waals surface area contributed by atoms with Gasteiger partial charge in [-0.05, 0) is 203 Å². The van der Waals surface area contributed by atoms with Crippen LogP contribution in [0.1, 0.15) is 208 Å². The molecule has 74 heavy (non-hydrogen) atoms. The standard InChI is InChI=1S/C70H83BN2O/c1-63(2,3)44-20-23-46(24-21-44)72-56-28-22-45(64(4,5)6)38-55(56)71-60-48-40-53-54(70(17,18)34-33-69(53,15)16)41-59(48)74-62(60)73(47-25-27-50-52(39-47)68(13,14)32-30-66(50,9)10)58-37-43(36-57(72)61(58)71)42-19-26-49-51(35-42)67(11,12)31-29-65(49,7)8/h19-28,35-41H,29-34H2,1-18H3. The summed E-state index contributed by atoms with van der Waals surface area (Å²) in [5.74, 6) is 0.954. The zero-order valence-electron chi connectivity index (χ0n) is 48.4. The molecular formula is C70H83BN2O. The molecule has 7 aromatic rings. The lowest BCUT2D eigenvalue weighted by Crippen LogP contribution is -2.61. The van der Waals surface area contributed by atoms with Crippen molar-refractivity contribution in [2.75, 3.05) is 9.80 Å². The van der Waals surface area contributed by atoms with Gasteiger partial charge < -0.3 is 9.32 Å². The Bertz CT molecular complexity index is 3480. The highest BCUT2D eigenvalue weighted by Gasteiger charge is 2.49. The number of fused-ring (bicyclic) bond motifs is 9. The minimum absolute atomic E-state index is 0.0232. The predicted octanol–water partition coefficient (Wildman–Crippen LogP) is 17.8. The van der Waals surface area contributed by atoms with E-state index in [9.17, 15) is 0 Å². The molecule has 1 aromatic heterocycles. The maximum atomic E-state index is 7.73. The number of benzene rings is 6. The largest absolute Gasteiger partial charge is 0.440 e. The molecule has 4 heteroatoms. The van der Waals surface area contributed by atoms with Crippen LogP contribution < -0.4 is 26.2 Å². The van der Waals surface area contributed by atoms with Crippen LogP contribution in [0.4, 0.5) is 34.3 Å². The summed E-state index contributed by atoms with van der Waals surface area (Å²) in [6.45, 7) is 43.4. The van der Waals surface area contributed by atoms with Gasteiger partial charge in [0.1, 0.15) is 5.58 Å². The summed E-state index contributed by atoms with van der Waals surface area (Å²) in [6, 6.07) is 42.0. The first kappa shape index (κ1) is 49.4. The van der Waals surface area contributed by atoms with Gasteiger partial charge in [-0.3, -0.25) is 4.90 Å². The molecule has 0 radical (unpaired) electrons. The van der Waals surface area contributed by atoms with Gasteiger partial charge in [0.15, 0.2) is 0 Å². The summed E-state index contributed by atoms with van der Waals surface area (Å²) in [4.78, 5) is 5.20. The van der Waals surface area contributed by atoms with E-state index >= 15 is 0 Å². The van der Waals surface area contributed by atoms with Gasteiger partial charge in [-0.1, -0.05) is 173 Å². The molecule has 3 nitrogen and oxygen atoms in total. The molecular weight excluding hydrogens is 896 g/mol. The van der Waals surface area contributed by atoms with E-state index < -0.39 is 0 Å². The van der Waals surface area contributed by atoms with Crippen LogP contribution in [-0.2, 0) is 43.3 Å². The average molecular weight is 979 g/mol. The van der Waals surface area contributed by atoms with E-state index in [-0.39, 0.29) is 50.0 Å². The van der Waals surface area contributed by atoms with Crippen LogP contribution in [0.5, 0.6) is 0 Å². The van der Waals surface area contributed by atoms with Gasteiger partial charge in [0.25, 0.3) is 6.71 Å². The minimum Gasteiger partial charge on any atom is -0.440 e. The second-order valence-electron chi connectivity index (χ2n) is 29.9. The van der Waals surface area contributed by atoms with Crippen molar-refractivity contribution >= 4 is 68.4 Å². The molecule has 0 N–H and O–H groups in total. The Morgan fingerprint density at radius 1 is 0.392 bits per heavy atom. The normalized spacial score (nSPS) is 20.3. The smallest absolute Gasteiger partial charge is 0.257 e. The average Bonchev–Trinajstić information content (AvgIpc) is 3.75. The molecule has 3 heterocycles. The number of rotatable bonds is 3. The number of hydrogen-bond donors (Lipinski definition) is 0. The van der Waals surface area contributed by atoms with Crippen molar-refractivity contribution in [3.63, 3.8) is 0 Å². The van der Waals surface area contributed by atoms with Gasteiger partial charge in [0, 0.05) is 39.3 Å². The van der Waals surface area contributed by atoms with Gasteiger partial charge in [0.05, 0.1) is 0 Å². The summed E-state index contributed by atoms with van der Waals surface area (Å²) in [7, 11) is 0. The Morgan fingerprint density at radius 2 is 0.851 bits per heavy atom. The Kier molecular flexibility index (Phi) is 10.4. The zero-order valence-corrected chi connectivity index (χ0v) is 48.4. The highest BCUT2D eigenvalue weighted by molar-refractivity contribution is 7.01. The molecule has 382 valence electrons. The van der Waals surface area contributed by atoms with Crippen LogP contribution in [-0.4, -0.2) is 6.71 Å². The van der Waals surface area contributed by atoms with Gasteiger partial charge >= 0.3 is 0 Å². The van der Waals surface area contributed by atoms with Crippen molar-refractivity contribution in [2.45, 2.75) is 206 Å². The maximum absolute atomic E-state index is 7.73. The molecule has 2 aliphatic heterocycles. The van der Waals surface area contributed by atoms with Crippen LogP contribution in [0, 0.1) is 0 Å². The zero-order chi connectivity index (χ0) is 52.8. The Hall–Kier alpha value is -5.48. The van der Waals surface area contributed by atoms with E-state index in [1.54, 1.807) is 0 Å². The third kappa shape index (κ3) is 7.40. The highest BCUT2D eigenvalue weighted by atomic mass is 16.4. The number of anilines is 6. The first-order valence-corrected chi connectivity index (χ1v) is 28.3. The van der Waals surface area contributed by atoms with Crippen molar-refractivity contribution < 1.29 is 4.42 Å². The number of nitrogens with zero attached hydrogens (tertiary/aromatic N) is 2. The van der Waals surface area contributed by atoms with E-state index in [1.165, 1.54) is 125 Å². The van der Waals surface area contributed by atoms with E-state index in [0.29, 0.717) is 0 Å². The second kappa shape index (κ2) is 15.6. The summed E-state index contributed by atoms with van der Waals surface area (Å²) in [5.41, 5.74) is 25.3. The second-order valence-corrected chi connectivity index (χ2v) is 29.9. The van der Waals surface area contributed by atoms with Crippen molar-refractivity contribution in [1.82, 2.24) is 0 Å². The fraction of sp³-hybridized carbons (Fsp3) is 0.457. The van der Waals surface area contributed by atoms with Crippen molar-refractivity contribution in [3.8, 4) is 11.1 Å². The molecule has 0 saturated carbocycles. The van der Waals surface area contributed by atoms with E-state index in [0.717, 1.165) is 30.7 Å². The van der Waals surface area contributed by atoms with E-state index in [1.807, 2.05) is 0 Å². The van der Waals surface area contributed by atoms with Gasteiger partial charge in [0.2, 0.25) is 5.88 Å². The molecule has 0 amide bonds. The van der Waals surface area contributed by atoms with Crippen LogP contribution in [0.3, 0.4) is 0 Å². The summed E-state index contributed by atoms with van der Waals surface area (Å²) < 4.78 is 7.73.